The summed E-state index contributed by atoms with van der Waals surface area (Å²) in [5.41, 5.74) is 1.31. The van der Waals surface area contributed by atoms with Gasteiger partial charge in [0.1, 0.15) is 10.0 Å². The zero-order valence-corrected chi connectivity index (χ0v) is 16.0. The number of carbonyl (C=O) groups excluding carboxylic acids is 1. The number of carbonyl (C=O) groups is 1. The van der Waals surface area contributed by atoms with E-state index in [1.165, 1.54) is 24.3 Å². The normalized spacial score (nSPS) is 11.2. The van der Waals surface area contributed by atoms with E-state index in [9.17, 15) is 13.2 Å². The lowest BCUT2D eigenvalue weighted by atomic mass is 10.1. The minimum absolute atomic E-state index is 0.0675. The van der Waals surface area contributed by atoms with Gasteiger partial charge in [0.2, 0.25) is 0 Å². The van der Waals surface area contributed by atoms with Gasteiger partial charge >= 0.3 is 0 Å². The predicted molar refractivity (Wildman–Crippen MR) is 104 cm³/mol. The van der Waals surface area contributed by atoms with Crippen LogP contribution in [0.5, 0.6) is 0 Å². The second-order valence-corrected chi connectivity index (χ2v) is 9.01. The molecule has 2 heterocycles. The largest absolute Gasteiger partial charge is 0.306 e. The van der Waals surface area contributed by atoms with Crippen LogP contribution in [0.2, 0.25) is 4.34 Å². The molecule has 0 atom stereocenters. The van der Waals surface area contributed by atoms with Crippen molar-refractivity contribution in [2.24, 2.45) is 0 Å². The number of nitrogens with one attached hydrogen (secondary N) is 2. The minimum atomic E-state index is -3.84. The van der Waals surface area contributed by atoms with E-state index >= 15 is 0 Å². The number of halogens is 1. The zero-order valence-electron chi connectivity index (χ0n) is 13.6. The summed E-state index contributed by atoms with van der Waals surface area (Å²) >= 11 is 6.74. The molecule has 2 N–H and O–H groups in total. The van der Waals surface area contributed by atoms with Crippen molar-refractivity contribution in [3.8, 4) is 0 Å². The molecule has 1 amide bonds. The van der Waals surface area contributed by atoms with E-state index < -0.39 is 15.9 Å². The summed E-state index contributed by atoms with van der Waals surface area (Å²) in [6.07, 6.45) is 1.63. The number of rotatable bonds is 5. The molecule has 3 aromatic rings. The number of amides is 1. The summed E-state index contributed by atoms with van der Waals surface area (Å²) in [6, 6.07) is 12.7. The summed E-state index contributed by atoms with van der Waals surface area (Å²) in [5, 5.41) is 2.65. The lowest BCUT2D eigenvalue weighted by Crippen LogP contribution is -2.18. The van der Waals surface area contributed by atoms with E-state index in [1.54, 1.807) is 24.4 Å². The van der Waals surface area contributed by atoms with E-state index in [4.69, 9.17) is 11.6 Å². The summed E-state index contributed by atoms with van der Waals surface area (Å²) in [6.45, 7) is 1.89. The standard InChI is InChI=1S/C17H14ClN3O3S2/c1-11-6-8-15(19-10-11)20-17(22)12-4-2-3-5-13(12)21-26(23,24)16-9-7-14(18)25-16/h2-10,21H,1H3,(H,19,20,22). The first kappa shape index (κ1) is 18.4. The van der Waals surface area contributed by atoms with Crippen LogP contribution >= 0.6 is 22.9 Å². The molecule has 2 aromatic heterocycles. The molecule has 0 saturated heterocycles. The molecule has 0 spiro atoms. The predicted octanol–water partition coefficient (Wildman–Crippen LogP) is 4.16. The highest BCUT2D eigenvalue weighted by Gasteiger charge is 2.20. The molecule has 1 aromatic carbocycles. The lowest BCUT2D eigenvalue weighted by Gasteiger charge is -2.11. The Morgan fingerprint density at radius 2 is 1.88 bits per heavy atom. The molecule has 6 nitrogen and oxygen atoms in total. The molecule has 9 heteroatoms. The van der Waals surface area contributed by atoms with Crippen LogP contribution in [0.4, 0.5) is 11.5 Å². The van der Waals surface area contributed by atoms with Gasteiger partial charge in [0, 0.05) is 6.20 Å². The number of sulfonamides is 1. The van der Waals surface area contributed by atoms with Gasteiger partial charge in [-0.2, -0.15) is 0 Å². The van der Waals surface area contributed by atoms with Crippen LogP contribution < -0.4 is 10.0 Å². The molecule has 0 bridgehead atoms. The fourth-order valence-electron chi connectivity index (χ4n) is 2.13. The molecule has 0 aliphatic carbocycles. The van der Waals surface area contributed by atoms with E-state index in [0.717, 1.165) is 16.9 Å². The van der Waals surface area contributed by atoms with Gasteiger partial charge in [0.05, 0.1) is 15.6 Å². The summed E-state index contributed by atoms with van der Waals surface area (Å²) < 4.78 is 27.8. The Morgan fingerprint density at radius 1 is 1.12 bits per heavy atom. The number of anilines is 2. The number of aromatic nitrogens is 1. The summed E-state index contributed by atoms with van der Waals surface area (Å²) in [4.78, 5) is 16.7. The van der Waals surface area contributed by atoms with Gasteiger partial charge in [0.15, 0.2) is 0 Å². The Bertz CT molecular complexity index is 1050. The molecular weight excluding hydrogens is 394 g/mol. The van der Waals surface area contributed by atoms with Crippen LogP contribution in [0, 0.1) is 6.92 Å². The first-order chi connectivity index (χ1) is 12.3. The highest BCUT2D eigenvalue weighted by atomic mass is 35.5. The molecule has 0 fully saturated rings. The Labute approximate surface area is 159 Å². The molecule has 0 radical (unpaired) electrons. The van der Waals surface area contributed by atoms with Crippen LogP contribution in [0.25, 0.3) is 0 Å². The van der Waals surface area contributed by atoms with Crippen molar-refractivity contribution in [2.75, 3.05) is 10.0 Å². The molecule has 26 heavy (non-hydrogen) atoms. The zero-order chi connectivity index (χ0) is 18.7. The Kier molecular flexibility index (Phi) is 5.26. The Morgan fingerprint density at radius 3 is 2.54 bits per heavy atom. The SMILES string of the molecule is Cc1ccc(NC(=O)c2ccccc2NS(=O)(=O)c2ccc(Cl)s2)nc1. The lowest BCUT2D eigenvalue weighted by molar-refractivity contribution is 0.102. The van der Waals surface area contributed by atoms with Crippen LogP contribution in [0.1, 0.15) is 15.9 Å². The maximum atomic E-state index is 12.5. The monoisotopic (exact) mass is 407 g/mol. The molecule has 134 valence electrons. The van der Waals surface area contributed by atoms with Crippen molar-refractivity contribution < 1.29 is 13.2 Å². The van der Waals surface area contributed by atoms with Gasteiger partial charge in [-0.05, 0) is 42.8 Å². The third-order valence-electron chi connectivity index (χ3n) is 3.38. The third kappa shape index (κ3) is 4.21. The maximum Gasteiger partial charge on any atom is 0.271 e. The van der Waals surface area contributed by atoms with Gasteiger partial charge in [-0.15, -0.1) is 11.3 Å². The van der Waals surface area contributed by atoms with E-state index in [0.29, 0.717) is 10.2 Å². The van der Waals surface area contributed by atoms with Gasteiger partial charge in [0.25, 0.3) is 15.9 Å². The van der Waals surface area contributed by atoms with E-state index in [-0.39, 0.29) is 15.5 Å². The molecular formula is C17H14ClN3O3S2. The average molecular weight is 408 g/mol. The maximum absolute atomic E-state index is 12.5. The Balaban J connectivity index is 1.86. The molecule has 0 unspecified atom stereocenters. The van der Waals surface area contributed by atoms with E-state index in [1.807, 2.05) is 13.0 Å². The van der Waals surface area contributed by atoms with Gasteiger partial charge in [-0.25, -0.2) is 13.4 Å². The second-order valence-electron chi connectivity index (χ2n) is 5.38. The van der Waals surface area contributed by atoms with Crippen molar-refractivity contribution in [3.05, 3.63) is 70.2 Å². The summed E-state index contributed by atoms with van der Waals surface area (Å²) in [7, 11) is -3.84. The van der Waals surface area contributed by atoms with E-state index in [2.05, 4.69) is 15.0 Å². The quantitative estimate of drug-likeness (QED) is 0.664. The number of para-hydroxylation sites is 1. The number of nitrogens with zero attached hydrogens (tertiary/aromatic N) is 1. The number of hydrogen-bond donors (Lipinski definition) is 2. The highest BCUT2D eigenvalue weighted by Crippen LogP contribution is 2.28. The first-order valence-electron chi connectivity index (χ1n) is 7.46. The van der Waals surface area contributed by atoms with Crippen LogP contribution in [-0.2, 0) is 10.0 Å². The molecule has 3 rings (SSSR count). The van der Waals surface area contributed by atoms with Gasteiger partial charge < -0.3 is 5.32 Å². The van der Waals surface area contributed by atoms with Crippen LogP contribution in [-0.4, -0.2) is 19.3 Å². The molecule has 0 saturated carbocycles. The Hall–Kier alpha value is -2.42. The second kappa shape index (κ2) is 7.45. The van der Waals surface area contributed by atoms with Crippen molar-refractivity contribution >= 4 is 50.4 Å². The van der Waals surface area contributed by atoms with Crippen molar-refractivity contribution in [2.45, 2.75) is 11.1 Å². The fourth-order valence-corrected chi connectivity index (χ4v) is 4.70. The molecule has 0 aliphatic rings. The van der Waals surface area contributed by atoms with Crippen molar-refractivity contribution in [3.63, 3.8) is 0 Å². The van der Waals surface area contributed by atoms with Crippen molar-refractivity contribution in [1.82, 2.24) is 4.98 Å². The van der Waals surface area contributed by atoms with Crippen LogP contribution in [0.15, 0.2) is 58.9 Å². The minimum Gasteiger partial charge on any atom is -0.306 e. The number of pyridine rings is 1. The number of hydrogen-bond acceptors (Lipinski definition) is 5. The van der Waals surface area contributed by atoms with Gasteiger partial charge in [-0.1, -0.05) is 29.8 Å². The van der Waals surface area contributed by atoms with Gasteiger partial charge in [-0.3, -0.25) is 9.52 Å². The smallest absolute Gasteiger partial charge is 0.271 e. The topological polar surface area (TPSA) is 88.2 Å². The fraction of sp³-hybridized carbons (Fsp3) is 0.0588. The highest BCUT2D eigenvalue weighted by molar-refractivity contribution is 7.94. The average Bonchev–Trinajstić information content (AvgIpc) is 3.04. The van der Waals surface area contributed by atoms with Crippen LogP contribution in [0.3, 0.4) is 0 Å². The number of thiophene rings is 1. The molecule has 0 aliphatic heterocycles. The van der Waals surface area contributed by atoms with Crippen molar-refractivity contribution in [1.29, 1.82) is 0 Å². The third-order valence-corrected chi connectivity index (χ3v) is 6.47. The number of benzene rings is 1. The number of aryl methyl sites for hydroxylation is 1. The summed E-state index contributed by atoms with van der Waals surface area (Å²) in [5.74, 6) is -0.0906. The first-order valence-corrected chi connectivity index (χ1v) is 10.1.